The van der Waals surface area contributed by atoms with Crippen LogP contribution in [0.1, 0.15) is 24.6 Å². The van der Waals surface area contributed by atoms with Gasteiger partial charge in [-0.2, -0.15) is 0 Å². The summed E-state index contributed by atoms with van der Waals surface area (Å²) in [6.07, 6.45) is 2.50. The molecule has 2 aromatic rings. The normalized spacial score (nSPS) is 10.5. The summed E-state index contributed by atoms with van der Waals surface area (Å²) in [7, 11) is 0. The maximum Gasteiger partial charge on any atom is 0.168 e. The van der Waals surface area contributed by atoms with Crippen LogP contribution in [0.4, 0.5) is 20.4 Å². The SMILES string of the molecule is CCCNc1nc(NCc2ncccc2C)c(F)cc1F. The lowest BCUT2D eigenvalue weighted by Gasteiger charge is -2.11. The predicted molar refractivity (Wildman–Crippen MR) is 79.2 cm³/mol. The van der Waals surface area contributed by atoms with Crippen molar-refractivity contribution in [3.05, 3.63) is 47.3 Å². The lowest BCUT2D eigenvalue weighted by Crippen LogP contribution is -2.10. The Morgan fingerprint density at radius 2 is 1.86 bits per heavy atom. The standard InChI is InChI=1S/C15H18F2N4/c1-3-6-19-14-11(16)8-12(17)15(21-14)20-9-13-10(2)5-4-7-18-13/h4-5,7-8H,3,6,9H2,1-2H3,(H2,19,20,21). The summed E-state index contributed by atoms with van der Waals surface area (Å²) >= 11 is 0. The van der Waals surface area contributed by atoms with E-state index in [-0.39, 0.29) is 11.6 Å². The summed E-state index contributed by atoms with van der Waals surface area (Å²) in [5, 5.41) is 5.69. The Morgan fingerprint density at radius 3 is 2.52 bits per heavy atom. The fourth-order valence-corrected chi connectivity index (χ4v) is 1.83. The zero-order valence-corrected chi connectivity index (χ0v) is 12.1. The molecule has 2 N–H and O–H groups in total. The minimum absolute atomic E-state index is 0.0139. The van der Waals surface area contributed by atoms with Crippen molar-refractivity contribution >= 4 is 11.6 Å². The maximum atomic E-state index is 13.7. The Kier molecular flexibility index (Phi) is 5.03. The van der Waals surface area contributed by atoms with E-state index in [4.69, 9.17) is 0 Å². The highest BCUT2D eigenvalue weighted by Crippen LogP contribution is 2.19. The van der Waals surface area contributed by atoms with Gasteiger partial charge < -0.3 is 10.6 Å². The molecule has 0 aromatic carbocycles. The summed E-state index contributed by atoms with van der Waals surface area (Å²) < 4.78 is 27.3. The first-order valence-corrected chi connectivity index (χ1v) is 6.86. The lowest BCUT2D eigenvalue weighted by atomic mass is 10.2. The predicted octanol–water partition coefficient (Wildman–Crippen LogP) is 3.50. The van der Waals surface area contributed by atoms with Gasteiger partial charge in [0.1, 0.15) is 0 Å². The van der Waals surface area contributed by atoms with E-state index in [0.717, 1.165) is 23.7 Å². The maximum absolute atomic E-state index is 13.7. The highest BCUT2D eigenvalue weighted by Gasteiger charge is 2.11. The smallest absolute Gasteiger partial charge is 0.168 e. The zero-order chi connectivity index (χ0) is 15.2. The van der Waals surface area contributed by atoms with Crippen molar-refractivity contribution < 1.29 is 8.78 Å². The van der Waals surface area contributed by atoms with Crippen LogP contribution in [-0.2, 0) is 6.54 Å². The van der Waals surface area contributed by atoms with Gasteiger partial charge in [0.15, 0.2) is 23.3 Å². The van der Waals surface area contributed by atoms with E-state index in [1.807, 2.05) is 26.0 Å². The van der Waals surface area contributed by atoms with Gasteiger partial charge in [-0.05, 0) is 25.0 Å². The first kappa shape index (κ1) is 15.2. The van der Waals surface area contributed by atoms with Crippen LogP contribution >= 0.6 is 0 Å². The van der Waals surface area contributed by atoms with E-state index in [1.54, 1.807) is 6.20 Å². The Hall–Kier alpha value is -2.24. The highest BCUT2D eigenvalue weighted by molar-refractivity contribution is 5.47. The summed E-state index contributed by atoms with van der Waals surface area (Å²) in [6.45, 7) is 4.79. The van der Waals surface area contributed by atoms with Crippen LogP contribution < -0.4 is 10.6 Å². The van der Waals surface area contributed by atoms with Gasteiger partial charge in [-0.1, -0.05) is 13.0 Å². The van der Waals surface area contributed by atoms with E-state index < -0.39 is 11.6 Å². The first-order valence-electron chi connectivity index (χ1n) is 6.86. The van der Waals surface area contributed by atoms with Crippen LogP contribution in [0, 0.1) is 18.6 Å². The number of nitrogens with zero attached hydrogens (tertiary/aromatic N) is 2. The molecule has 4 nitrogen and oxygen atoms in total. The molecule has 0 aliphatic rings. The first-order chi connectivity index (χ1) is 10.1. The number of anilines is 2. The monoisotopic (exact) mass is 292 g/mol. The average Bonchev–Trinajstić information content (AvgIpc) is 2.47. The van der Waals surface area contributed by atoms with Crippen LogP contribution in [0.5, 0.6) is 0 Å². The fourth-order valence-electron chi connectivity index (χ4n) is 1.83. The van der Waals surface area contributed by atoms with Crippen LogP contribution in [0.2, 0.25) is 0 Å². The molecule has 0 saturated heterocycles. The van der Waals surface area contributed by atoms with Gasteiger partial charge in [0.05, 0.1) is 12.2 Å². The lowest BCUT2D eigenvalue weighted by molar-refractivity contribution is 0.577. The van der Waals surface area contributed by atoms with Gasteiger partial charge in [-0.25, -0.2) is 13.8 Å². The third-order valence-corrected chi connectivity index (χ3v) is 3.01. The van der Waals surface area contributed by atoms with Crippen LogP contribution in [0.15, 0.2) is 24.4 Å². The van der Waals surface area contributed by atoms with E-state index in [9.17, 15) is 8.78 Å². The molecule has 0 spiro atoms. The number of aryl methyl sites for hydroxylation is 1. The molecular formula is C15H18F2N4. The van der Waals surface area contributed by atoms with Gasteiger partial charge >= 0.3 is 0 Å². The van der Waals surface area contributed by atoms with E-state index >= 15 is 0 Å². The third-order valence-electron chi connectivity index (χ3n) is 3.01. The molecular weight excluding hydrogens is 274 g/mol. The molecule has 2 heterocycles. The molecule has 21 heavy (non-hydrogen) atoms. The zero-order valence-electron chi connectivity index (χ0n) is 12.1. The minimum Gasteiger partial charge on any atom is -0.368 e. The van der Waals surface area contributed by atoms with Crippen LogP contribution in [0.25, 0.3) is 0 Å². The Morgan fingerprint density at radius 1 is 1.14 bits per heavy atom. The van der Waals surface area contributed by atoms with Crippen molar-refractivity contribution in [2.45, 2.75) is 26.8 Å². The molecule has 0 bridgehead atoms. The molecule has 0 saturated carbocycles. The van der Waals surface area contributed by atoms with E-state index in [2.05, 4.69) is 20.6 Å². The number of rotatable bonds is 6. The number of hydrogen-bond donors (Lipinski definition) is 2. The molecule has 2 aromatic heterocycles. The number of aromatic nitrogens is 2. The second-order valence-corrected chi connectivity index (χ2v) is 4.70. The van der Waals surface area contributed by atoms with Gasteiger partial charge in [0.25, 0.3) is 0 Å². The highest BCUT2D eigenvalue weighted by atomic mass is 19.1. The van der Waals surface area contributed by atoms with Gasteiger partial charge in [-0.15, -0.1) is 0 Å². The summed E-state index contributed by atoms with van der Waals surface area (Å²) in [6, 6.07) is 4.59. The average molecular weight is 292 g/mol. The van der Waals surface area contributed by atoms with Gasteiger partial charge in [0.2, 0.25) is 0 Å². The van der Waals surface area contributed by atoms with E-state index in [1.165, 1.54) is 0 Å². The van der Waals surface area contributed by atoms with Crippen LogP contribution in [-0.4, -0.2) is 16.5 Å². The molecule has 0 aliphatic carbocycles. The molecule has 0 amide bonds. The molecule has 0 radical (unpaired) electrons. The van der Waals surface area contributed by atoms with Crippen molar-refractivity contribution in [2.24, 2.45) is 0 Å². The largest absolute Gasteiger partial charge is 0.368 e. The van der Waals surface area contributed by atoms with Gasteiger partial charge in [-0.3, -0.25) is 4.98 Å². The summed E-state index contributed by atoms with van der Waals surface area (Å²) in [4.78, 5) is 8.16. The van der Waals surface area contributed by atoms with Gasteiger partial charge in [0, 0.05) is 18.8 Å². The molecule has 2 rings (SSSR count). The molecule has 0 aliphatic heterocycles. The third kappa shape index (κ3) is 3.87. The van der Waals surface area contributed by atoms with Crippen molar-refractivity contribution in [3.8, 4) is 0 Å². The Labute approximate surface area is 122 Å². The molecule has 0 fully saturated rings. The van der Waals surface area contributed by atoms with Crippen molar-refractivity contribution in [1.29, 1.82) is 0 Å². The quantitative estimate of drug-likeness (QED) is 0.855. The number of halogens is 2. The number of pyridine rings is 2. The molecule has 112 valence electrons. The summed E-state index contributed by atoms with van der Waals surface area (Å²) in [5.74, 6) is -1.35. The molecule has 0 atom stereocenters. The van der Waals surface area contributed by atoms with Crippen LogP contribution in [0.3, 0.4) is 0 Å². The topological polar surface area (TPSA) is 49.8 Å². The Bertz CT molecular complexity index is 617. The number of hydrogen-bond acceptors (Lipinski definition) is 4. The summed E-state index contributed by atoms with van der Waals surface area (Å²) in [5.41, 5.74) is 1.79. The van der Waals surface area contributed by atoms with Crippen molar-refractivity contribution in [2.75, 3.05) is 17.2 Å². The second-order valence-electron chi connectivity index (χ2n) is 4.70. The minimum atomic E-state index is -0.719. The fraction of sp³-hybridized carbons (Fsp3) is 0.333. The molecule has 6 heteroatoms. The molecule has 0 unspecified atom stereocenters. The van der Waals surface area contributed by atoms with E-state index in [0.29, 0.717) is 13.1 Å². The van der Waals surface area contributed by atoms with Crippen molar-refractivity contribution in [3.63, 3.8) is 0 Å². The second kappa shape index (κ2) is 6.97. The number of nitrogens with one attached hydrogen (secondary N) is 2. The Balaban J connectivity index is 2.14. The van der Waals surface area contributed by atoms with Crippen molar-refractivity contribution in [1.82, 2.24) is 9.97 Å².